The van der Waals surface area contributed by atoms with Gasteiger partial charge in [-0.3, -0.25) is 9.69 Å². The molecule has 4 aromatic rings. The van der Waals surface area contributed by atoms with Gasteiger partial charge < -0.3 is 4.98 Å². The summed E-state index contributed by atoms with van der Waals surface area (Å²) in [5.74, 6) is 0.677. The molecule has 0 amide bonds. The molecule has 0 spiro atoms. The molecule has 5 rings (SSSR count). The van der Waals surface area contributed by atoms with Crippen LogP contribution in [0, 0.1) is 0 Å². The number of hydrogen-bond acceptors (Lipinski definition) is 5. The lowest BCUT2D eigenvalue weighted by Crippen LogP contribution is -2.35. The average Bonchev–Trinajstić information content (AvgIpc) is 3.41. The van der Waals surface area contributed by atoms with E-state index in [0.717, 1.165) is 46.9 Å². The molecule has 1 aliphatic heterocycles. The highest BCUT2D eigenvalue weighted by atomic mass is 32.1. The lowest BCUT2D eigenvalue weighted by Gasteiger charge is -2.27. The molecule has 0 saturated heterocycles. The van der Waals surface area contributed by atoms with Crippen LogP contribution in [0.5, 0.6) is 0 Å². The summed E-state index contributed by atoms with van der Waals surface area (Å²) in [5.41, 5.74) is 3.84. The van der Waals surface area contributed by atoms with E-state index in [1.165, 1.54) is 0 Å². The van der Waals surface area contributed by atoms with Crippen LogP contribution in [0.1, 0.15) is 16.8 Å². The second-order valence-electron chi connectivity index (χ2n) is 6.91. The van der Waals surface area contributed by atoms with Gasteiger partial charge in [-0.15, -0.1) is 11.3 Å². The molecule has 0 atom stereocenters. The SMILES string of the molecule is O=c1[nH]c(-c2cccs2)nc2c1CN(Cc1cnn(-c3ccccc3)c1)CC2. The predicted molar refractivity (Wildman–Crippen MR) is 110 cm³/mol. The Morgan fingerprint density at radius 3 is 2.86 bits per heavy atom. The molecular weight excluding hydrogens is 370 g/mol. The Hall–Kier alpha value is -3.03. The first kappa shape index (κ1) is 17.1. The molecule has 0 saturated carbocycles. The van der Waals surface area contributed by atoms with Crippen LogP contribution in [-0.2, 0) is 19.5 Å². The summed E-state index contributed by atoms with van der Waals surface area (Å²) in [5, 5.41) is 6.46. The van der Waals surface area contributed by atoms with Gasteiger partial charge in [0.05, 0.1) is 28.0 Å². The van der Waals surface area contributed by atoms with Crippen molar-refractivity contribution in [1.29, 1.82) is 0 Å². The van der Waals surface area contributed by atoms with Crippen LogP contribution < -0.4 is 5.56 Å². The quantitative estimate of drug-likeness (QED) is 0.582. The summed E-state index contributed by atoms with van der Waals surface area (Å²) >= 11 is 1.59. The van der Waals surface area contributed by atoms with Crippen molar-refractivity contribution in [2.24, 2.45) is 0 Å². The third-order valence-electron chi connectivity index (χ3n) is 4.97. The first-order valence-electron chi connectivity index (χ1n) is 9.23. The van der Waals surface area contributed by atoms with E-state index in [1.54, 1.807) is 11.3 Å². The number of benzene rings is 1. The second-order valence-corrected chi connectivity index (χ2v) is 7.85. The van der Waals surface area contributed by atoms with Crippen molar-refractivity contribution in [3.8, 4) is 16.4 Å². The summed E-state index contributed by atoms with van der Waals surface area (Å²) in [6.07, 6.45) is 4.72. The summed E-state index contributed by atoms with van der Waals surface area (Å²) in [4.78, 5) is 23.6. The molecule has 1 aliphatic rings. The summed E-state index contributed by atoms with van der Waals surface area (Å²) < 4.78 is 1.88. The lowest BCUT2D eigenvalue weighted by molar-refractivity contribution is 0.242. The topological polar surface area (TPSA) is 66.8 Å². The maximum Gasteiger partial charge on any atom is 0.255 e. The summed E-state index contributed by atoms with van der Waals surface area (Å²) in [6.45, 7) is 2.25. The van der Waals surface area contributed by atoms with E-state index in [4.69, 9.17) is 4.98 Å². The van der Waals surface area contributed by atoms with E-state index in [2.05, 4.69) is 15.0 Å². The Morgan fingerprint density at radius 1 is 1.14 bits per heavy atom. The van der Waals surface area contributed by atoms with E-state index in [1.807, 2.05) is 64.9 Å². The number of H-pyrrole nitrogens is 1. The molecule has 7 heteroatoms. The van der Waals surface area contributed by atoms with Crippen molar-refractivity contribution in [1.82, 2.24) is 24.6 Å². The van der Waals surface area contributed by atoms with E-state index in [9.17, 15) is 4.79 Å². The van der Waals surface area contributed by atoms with Crippen molar-refractivity contribution < 1.29 is 0 Å². The average molecular weight is 389 g/mol. The normalized spacial score (nSPS) is 14.1. The molecule has 0 bridgehead atoms. The predicted octanol–water partition coefficient (Wildman–Crippen LogP) is 3.24. The third-order valence-corrected chi connectivity index (χ3v) is 5.84. The summed E-state index contributed by atoms with van der Waals surface area (Å²) in [6, 6.07) is 14.0. The molecule has 28 heavy (non-hydrogen) atoms. The zero-order chi connectivity index (χ0) is 18.9. The maximum atomic E-state index is 12.6. The molecule has 3 aromatic heterocycles. The largest absolute Gasteiger partial charge is 0.306 e. The van der Waals surface area contributed by atoms with Gasteiger partial charge >= 0.3 is 0 Å². The molecule has 6 nitrogen and oxygen atoms in total. The van der Waals surface area contributed by atoms with E-state index in [-0.39, 0.29) is 5.56 Å². The fourth-order valence-corrected chi connectivity index (χ4v) is 4.24. The Labute approximate surface area is 166 Å². The maximum absolute atomic E-state index is 12.6. The molecule has 0 unspecified atom stereocenters. The molecule has 4 heterocycles. The smallest absolute Gasteiger partial charge is 0.255 e. The zero-order valence-electron chi connectivity index (χ0n) is 15.2. The van der Waals surface area contributed by atoms with Gasteiger partial charge in [0, 0.05) is 37.8 Å². The van der Waals surface area contributed by atoms with Gasteiger partial charge in [0.2, 0.25) is 0 Å². The number of nitrogens with zero attached hydrogens (tertiary/aromatic N) is 4. The molecular formula is C21H19N5OS. The minimum absolute atomic E-state index is 0.0296. The van der Waals surface area contributed by atoms with Gasteiger partial charge in [-0.1, -0.05) is 24.3 Å². The highest BCUT2D eigenvalue weighted by Crippen LogP contribution is 2.23. The number of aromatic nitrogens is 4. The Balaban J connectivity index is 1.34. The Kier molecular flexibility index (Phi) is 4.38. The molecule has 1 N–H and O–H groups in total. The highest BCUT2D eigenvalue weighted by molar-refractivity contribution is 7.13. The van der Waals surface area contributed by atoms with Gasteiger partial charge in [-0.2, -0.15) is 5.10 Å². The van der Waals surface area contributed by atoms with Crippen molar-refractivity contribution in [3.05, 3.63) is 87.4 Å². The van der Waals surface area contributed by atoms with Crippen LogP contribution in [0.25, 0.3) is 16.4 Å². The van der Waals surface area contributed by atoms with Gasteiger partial charge in [0.1, 0.15) is 0 Å². The first-order valence-corrected chi connectivity index (χ1v) is 10.1. The Bertz CT molecular complexity index is 1150. The molecule has 0 radical (unpaired) electrons. The standard InChI is InChI=1S/C21H19N5OS/c27-21-17-14-25(9-8-18(17)23-20(24-21)19-7-4-10-28-19)12-15-11-22-26(13-15)16-5-2-1-3-6-16/h1-7,10-11,13H,8-9,12,14H2,(H,23,24,27). The van der Waals surface area contributed by atoms with Gasteiger partial charge in [-0.25, -0.2) is 9.67 Å². The van der Waals surface area contributed by atoms with Crippen LogP contribution in [0.3, 0.4) is 0 Å². The van der Waals surface area contributed by atoms with Crippen molar-refractivity contribution in [2.75, 3.05) is 6.54 Å². The van der Waals surface area contributed by atoms with Gasteiger partial charge in [0.15, 0.2) is 5.82 Å². The van der Waals surface area contributed by atoms with E-state index in [0.29, 0.717) is 12.4 Å². The minimum atomic E-state index is -0.0296. The minimum Gasteiger partial charge on any atom is -0.306 e. The second kappa shape index (κ2) is 7.18. The van der Waals surface area contributed by atoms with Gasteiger partial charge in [-0.05, 0) is 23.6 Å². The van der Waals surface area contributed by atoms with Gasteiger partial charge in [0.25, 0.3) is 5.56 Å². The van der Waals surface area contributed by atoms with Crippen LogP contribution in [0.15, 0.2) is 65.0 Å². The van der Waals surface area contributed by atoms with E-state index < -0.39 is 0 Å². The summed E-state index contributed by atoms with van der Waals surface area (Å²) in [7, 11) is 0. The van der Waals surface area contributed by atoms with Crippen molar-refractivity contribution in [2.45, 2.75) is 19.5 Å². The number of para-hydroxylation sites is 1. The van der Waals surface area contributed by atoms with Crippen LogP contribution in [0.4, 0.5) is 0 Å². The number of rotatable bonds is 4. The number of nitrogens with one attached hydrogen (secondary N) is 1. The number of hydrogen-bond donors (Lipinski definition) is 1. The number of aromatic amines is 1. The first-order chi connectivity index (χ1) is 13.8. The zero-order valence-corrected chi connectivity index (χ0v) is 16.0. The molecule has 0 aliphatic carbocycles. The van der Waals surface area contributed by atoms with Crippen LogP contribution >= 0.6 is 11.3 Å². The number of fused-ring (bicyclic) bond motifs is 1. The van der Waals surface area contributed by atoms with Crippen LogP contribution in [-0.4, -0.2) is 31.2 Å². The Morgan fingerprint density at radius 2 is 2.04 bits per heavy atom. The van der Waals surface area contributed by atoms with E-state index >= 15 is 0 Å². The van der Waals surface area contributed by atoms with Crippen molar-refractivity contribution in [3.63, 3.8) is 0 Å². The number of thiophene rings is 1. The highest BCUT2D eigenvalue weighted by Gasteiger charge is 2.22. The molecule has 0 fully saturated rings. The van der Waals surface area contributed by atoms with Crippen LogP contribution in [0.2, 0.25) is 0 Å². The molecule has 140 valence electrons. The lowest BCUT2D eigenvalue weighted by atomic mass is 10.1. The van der Waals surface area contributed by atoms with Crippen molar-refractivity contribution >= 4 is 11.3 Å². The molecule has 1 aromatic carbocycles. The third kappa shape index (κ3) is 3.30. The fourth-order valence-electron chi connectivity index (χ4n) is 3.57. The fraction of sp³-hybridized carbons (Fsp3) is 0.190. The monoisotopic (exact) mass is 389 g/mol.